The second kappa shape index (κ2) is 7.51. The minimum atomic E-state index is -0.180. The van der Waals surface area contributed by atoms with Crippen molar-refractivity contribution in [3.8, 4) is 0 Å². The Bertz CT molecular complexity index is 768. The van der Waals surface area contributed by atoms with E-state index in [0.717, 1.165) is 24.0 Å². The lowest BCUT2D eigenvalue weighted by molar-refractivity contribution is -0.133. The average Bonchev–Trinajstić information content (AvgIpc) is 3.00. The van der Waals surface area contributed by atoms with E-state index in [1.165, 1.54) is 5.56 Å². The second-order valence-corrected chi connectivity index (χ2v) is 6.50. The molecular formula is C19H24N4O2. The summed E-state index contributed by atoms with van der Waals surface area (Å²) in [7, 11) is 1.87. The van der Waals surface area contributed by atoms with Crippen molar-refractivity contribution in [2.24, 2.45) is 7.05 Å². The highest BCUT2D eigenvalue weighted by Crippen LogP contribution is 2.32. The first kappa shape index (κ1) is 17.2. The van der Waals surface area contributed by atoms with Crippen molar-refractivity contribution < 1.29 is 9.59 Å². The maximum absolute atomic E-state index is 12.4. The summed E-state index contributed by atoms with van der Waals surface area (Å²) in [4.78, 5) is 26.2. The van der Waals surface area contributed by atoms with Crippen molar-refractivity contribution >= 4 is 11.8 Å². The molecule has 0 spiro atoms. The van der Waals surface area contributed by atoms with Gasteiger partial charge in [-0.05, 0) is 29.5 Å². The van der Waals surface area contributed by atoms with Gasteiger partial charge in [0.2, 0.25) is 11.8 Å². The molecule has 0 saturated heterocycles. The standard InChI is InChI=1S/C19H24N4O2/c1-14(24)23-10-8-16-5-3-4-6-17(16)18(23)11-19(25)20-9-7-15-12-21-22(2)13-15/h3-6,12-13,18H,7-11H2,1-2H3,(H,20,25)/t18-/m0/s1. The lowest BCUT2D eigenvalue weighted by atomic mass is 9.90. The van der Waals surface area contributed by atoms with Crippen LogP contribution in [0.4, 0.5) is 0 Å². The first-order valence-corrected chi connectivity index (χ1v) is 8.64. The Balaban J connectivity index is 1.62. The highest BCUT2D eigenvalue weighted by Gasteiger charge is 2.30. The van der Waals surface area contributed by atoms with Crippen LogP contribution in [-0.4, -0.2) is 39.6 Å². The summed E-state index contributed by atoms with van der Waals surface area (Å²) < 4.78 is 1.75. The lowest BCUT2D eigenvalue weighted by Gasteiger charge is -2.36. The molecule has 1 aromatic carbocycles. The molecule has 1 aliphatic heterocycles. The third-order valence-electron chi connectivity index (χ3n) is 4.69. The Morgan fingerprint density at radius 2 is 2.12 bits per heavy atom. The molecule has 0 fully saturated rings. The van der Waals surface area contributed by atoms with Gasteiger partial charge in [0.05, 0.1) is 18.7 Å². The molecule has 0 bridgehead atoms. The zero-order valence-corrected chi connectivity index (χ0v) is 14.7. The number of carbonyl (C=O) groups is 2. The van der Waals surface area contributed by atoms with Crippen molar-refractivity contribution in [2.45, 2.75) is 32.2 Å². The number of benzene rings is 1. The van der Waals surface area contributed by atoms with Crippen LogP contribution in [0.15, 0.2) is 36.7 Å². The van der Waals surface area contributed by atoms with Gasteiger partial charge in [0, 0.05) is 33.3 Å². The van der Waals surface area contributed by atoms with Crippen molar-refractivity contribution in [3.05, 3.63) is 53.3 Å². The Kier molecular flexibility index (Phi) is 5.16. The van der Waals surface area contributed by atoms with Gasteiger partial charge in [-0.3, -0.25) is 14.3 Å². The van der Waals surface area contributed by atoms with Crippen molar-refractivity contribution in [2.75, 3.05) is 13.1 Å². The fourth-order valence-electron chi connectivity index (χ4n) is 3.44. The molecular weight excluding hydrogens is 316 g/mol. The first-order chi connectivity index (χ1) is 12.0. The molecule has 1 atom stereocenters. The minimum Gasteiger partial charge on any atom is -0.356 e. The Morgan fingerprint density at radius 3 is 2.84 bits per heavy atom. The predicted octanol–water partition coefficient (Wildman–Crippen LogP) is 1.61. The molecule has 0 unspecified atom stereocenters. The van der Waals surface area contributed by atoms with Crippen LogP contribution in [0.5, 0.6) is 0 Å². The molecule has 25 heavy (non-hydrogen) atoms. The van der Waals surface area contributed by atoms with E-state index < -0.39 is 0 Å². The number of hydrogen-bond acceptors (Lipinski definition) is 3. The molecule has 0 saturated carbocycles. The number of carbonyl (C=O) groups excluding carboxylic acids is 2. The molecule has 6 heteroatoms. The summed E-state index contributed by atoms with van der Waals surface area (Å²) >= 11 is 0. The average molecular weight is 340 g/mol. The van der Waals surface area contributed by atoms with Crippen molar-refractivity contribution in [1.29, 1.82) is 0 Å². The van der Waals surface area contributed by atoms with E-state index in [9.17, 15) is 9.59 Å². The maximum atomic E-state index is 12.4. The molecule has 132 valence electrons. The summed E-state index contributed by atoms with van der Waals surface area (Å²) in [6.45, 7) is 2.81. The van der Waals surface area contributed by atoms with Crippen LogP contribution in [0, 0.1) is 0 Å². The molecule has 1 N–H and O–H groups in total. The van der Waals surface area contributed by atoms with E-state index in [2.05, 4.69) is 16.5 Å². The molecule has 2 amide bonds. The van der Waals surface area contributed by atoms with Crippen LogP contribution in [-0.2, 0) is 29.5 Å². The molecule has 1 aromatic heterocycles. The molecule has 2 aromatic rings. The number of rotatable bonds is 5. The number of amides is 2. The minimum absolute atomic E-state index is 0.0164. The molecule has 0 radical (unpaired) electrons. The normalized spacial score (nSPS) is 16.4. The fourth-order valence-corrected chi connectivity index (χ4v) is 3.44. The van der Waals surface area contributed by atoms with Gasteiger partial charge in [-0.2, -0.15) is 5.10 Å². The van der Waals surface area contributed by atoms with Gasteiger partial charge >= 0.3 is 0 Å². The highest BCUT2D eigenvalue weighted by molar-refractivity contribution is 5.79. The monoisotopic (exact) mass is 340 g/mol. The zero-order chi connectivity index (χ0) is 17.8. The zero-order valence-electron chi connectivity index (χ0n) is 14.7. The van der Waals surface area contributed by atoms with E-state index in [4.69, 9.17) is 0 Å². The van der Waals surface area contributed by atoms with Crippen LogP contribution in [0.2, 0.25) is 0 Å². The van der Waals surface area contributed by atoms with Crippen LogP contribution < -0.4 is 5.32 Å². The summed E-state index contributed by atoms with van der Waals surface area (Å²) in [6, 6.07) is 7.90. The number of nitrogens with zero attached hydrogens (tertiary/aromatic N) is 3. The SMILES string of the molecule is CC(=O)N1CCc2ccccc2[C@@H]1CC(=O)NCCc1cnn(C)c1. The van der Waals surface area contributed by atoms with E-state index >= 15 is 0 Å². The summed E-state index contributed by atoms with van der Waals surface area (Å²) in [6.07, 6.45) is 5.64. The number of aromatic nitrogens is 2. The smallest absolute Gasteiger partial charge is 0.222 e. The molecule has 0 aliphatic carbocycles. The largest absolute Gasteiger partial charge is 0.356 e. The number of hydrogen-bond donors (Lipinski definition) is 1. The number of fused-ring (bicyclic) bond motifs is 1. The van der Waals surface area contributed by atoms with E-state index in [1.54, 1.807) is 17.8 Å². The summed E-state index contributed by atoms with van der Waals surface area (Å²) in [5.74, 6) is -0.0143. The van der Waals surface area contributed by atoms with Crippen molar-refractivity contribution in [3.63, 3.8) is 0 Å². The quantitative estimate of drug-likeness (QED) is 0.899. The number of aryl methyl sites for hydroxylation is 1. The summed E-state index contributed by atoms with van der Waals surface area (Å²) in [5.41, 5.74) is 3.41. The van der Waals surface area contributed by atoms with Gasteiger partial charge in [-0.15, -0.1) is 0 Å². The van der Waals surface area contributed by atoms with E-state index in [-0.39, 0.29) is 17.9 Å². The second-order valence-electron chi connectivity index (χ2n) is 6.50. The Hall–Kier alpha value is -2.63. The first-order valence-electron chi connectivity index (χ1n) is 8.64. The van der Waals surface area contributed by atoms with Crippen molar-refractivity contribution in [1.82, 2.24) is 20.0 Å². The van der Waals surface area contributed by atoms with Gasteiger partial charge < -0.3 is 10.2 Å². The molecule has 3 rings (SSSR count). The van der Waals surface area contributed by atoms with Gasteiger partial charge in [-0.25, -0.2) is 0 Å². The van der Waals surface area contributed by atoms with Crippen LogP contribution in [0.1, 0.15) is 36.1 Å². The Labute approximate surface area is 147 Å². The van der Waals surface area contributed by atoms with E-state index in [0.29, 0.717) is 19.5 Å². The highest BCUT2D eigenvalue weighted by atomic mass is 16.2. The molecule has 1 aliphatic rings. The fraction of sp³-hybridized carbons (Fsp3) is 0.421. The van der Waals surface area contributed by atoms with Crippen LogP contribution in [0.3, 0.4) is 0 Å². The van der Waals surface area contributed by atoms with Crippen LogP contribution in [0.25, 0.3) is 0 Å². The van der Waals surface area contributed by atoms with Gasteiger partial charge in [0.1, 0.15) is 0 Å². The Morgan fingerprint density at radius 1 is 1.32 bits per heavy atom. The lowest BCUT2D eigenvalue weighted by Crippen LogP contribution is -2.41. The summed E-state index contributed by atoms with van der Waals surface area (Å²) in [5, 5.41) is 7.09. The van der Waals surface area contributed by atoms with Gasteiger partial charge in [0.15, 0.2) is 0 Å². The molecule has 2 heterocycles. The number of nitrogens with one attached hydrogen (secondary N) is 1. The maximum Gasteiger partial charge on any atom is 0.222 e. The topological polar surface area (TPSA) is 67.2 Å². The van der Waals surface area contributed by atoms with Gasteiger partial charge in [-0.1, -0.05) is 24.3 Å². The van der Waals surface area contributed by atoms with E-state index in [1.807, 2.05) is 36.3 Å². The third kappa shape index (κ3) is 4.07. The predicted molar refractivity (Wildman–Crippen MR) is 94.8 cm³/mol. The van der Waals surface area contributed by atoms with Gasteiger partial charge in [0.25, 0.3) is 0 Å². The molecule has 6 nitrogen and oxygen atoms in total. The third-order valence-corrected chi connectivity index (χ3v) is 4.69. The van der Waals surface area contributed by atoms with Crippen LogP contribution >= 0.6 is 0 Å².